The fraction of sp³-hybridized carbons (Fsp3) is 0.571. The van der Waals surface area contributed by atoms with Gasteiger partial charge >= 0.3 is 0 Å². The van der Waals surface area contributed by atoms with Gasteiger partial charge in [0.15, 0.2) is 0 Å². The Morgan fingerprint density at radius 1 is 1.39 bits per heavy atom. The maximum Gasteiger partial charge on any atom is 0.0642 e. The van der Waals surface area contributed by atoms with Gasteiger partial charge in [0.1, 0.15) is 0 Å². The van der Waals surface area contributed by atoms with Crippen molar-refractivity contribution in [3.05, 3.63) is 28.8 Å². The van der Waals surface area contributed by atoms with E-state index in [1.807, 2.05) is 0 Å². The minimum atomic E-state index is 0.386. The number of rotatable bonds is 2. The fourth-order valence-electron chi connectivity index (χ4n) is 2.15. The quantitative estimate of drug-likeness (QED) is 0.695. The van der Waals surface area contributed by atoms with E-state index in [0.29, 0.717) is 4.75 Å². The van der Waals surface area contributed by atoms with E-state index in [1.165, 1.54) is 23.4 Å². The SMILES string of the molecule is CC1(C)CCN(c2ccc(CBr)cc2Cl)CCS1. The molecule has 0 atom stereocenters. The molecule has 1 saturated heterocycles. The van der Waals surface area contributed by atoms with Crippen LogP contribution in [0.4, 0.5) is 5.69 Å². The minimum absolute atomic E-state index is 0.386. The summed E-state index contributed by atoms with van der Waals surface area (Å²) in [6.07, 6.45) is 1.20. The number of anilines is 1. The maximum absolute atomic E-state index is 6.40. The number of hydrogen-bond acceptors (Lipinski definition) is 2. The maximum atomic E-state index is 6.40. The molecule has 0 unspecified atom stereocenters. The summed E-state index contributed by atoms with van der Waals surface area (Å²) >= 11 is 11.9. The van der Waals surface area contributed by atoms with Crippen molar-refractivity contribution in [2.24, 2.45) is 0 Å². The molecule has 0 bridgehead atoms. The first-order valence-electron chi connectivity index (χ1n) is 6.25. The van der Waals surface area contributed by atoms with Crippen LogP contribution in [0.2, 0.25) is 5.02 Å². The van der Waals surface area contributed by atoms with Crippen LogP contribution in [-0.2, 0) is 5.33 Å². The number of benzene rings is 1. The second kappa shape index (κ2) is 6.06. The van der Waals surface area contributed by atoms with Crippen LogP contribution in [0.15, 0.2) is 18.2 Å². The molecule has 0 saturated carbocycles. The average Bonchev–Trinajstić information content (AvgIpc) is 2.50. The molecule has 1 fully saturated rings. The van der Waals surface area contributed by atoms with Gasteiger partial charge in [-0.15, -0.1) is 0 Å². The molecule has 100 valence electrons. The Morgan fingerprint density at radius 3 is 2.83 bits per heavy atom. The largest absolute Gasteiger partial charge is 0.369 e. The molecule has 1 heterocycles. The lowest BCUT2D eigenvalue weighted by Gasteiger charge is -2.25. The van der Waals surface area contributed by atoms with E-state index in [0.717, 1.165) is 23.4 Å². The molecular weight excluding hydrogens is 330 g/mol. The Bertz CT molecular complexity index is 422. The topological polar surface area (TPSA) is 3.24 Å². The van der Waals surface area contributed by atoms with Crippen LogP contribution in [0.5, 0.6) is 0 Å². The minimum Gasteiger partial charge on any atom is -0.369 e. The summed E-state index contributed by atoms with van der Waals surface area (Å²) in [5.74, 6) is 1.17. The van der Waals surface area contributed by atoms with E-state index in [9.17, 15) is 0 Å². The number of thioether (sulfide) groups is 1. The Kier molecular flexibility index (Phi) is 4.90. The van der Waals surface area contributed by atoms with E-state index >= 15 is 0 Å². The highest BCUT2D eigenvalue weighted by Gasteiger charge is 2.24. The van der Waals surface area contributed by atoms with Crippen molar-refractivity contribution in [1.29, 1.82) is 0 Å². The highest BCUT2D eigenvalue weighted by Crippen LogP contribution is 2.34. The van der Waals surface area contributed by atoms with Crippen LogP contribution in [0.3, 0.4) is 0 Å². The lowest BCUT2D eigenvalue weighted by molar-refractivity contribution is 0.638. The average molecular weight is 349 g/mol. The predicted octanol–water partition coefficient (Wildman–Crippen LogP) is 4.96. The number of nitrogens with zero attached hydrogens (tertiary/aromatic N) is 1. The molecule has 0 N–H and O–H groups in total. The Morgan fingerprint density at radius 2 is 2.17 bits per heavy atom. The van der Waals surface area contributed by atoms with Crippen molar-refractivity contribution in [3.8, 4) is 0 Å². The van der Waals surface area contributed by atoms with Gasteiger partial charge in [-0.3, -0.25) is 0 Å². The number of halogens is 2. The Hall–Kier alpha value is 0.140. The zero-order valence-electron chi connectivity index (χ0n) is 10.9. The van der Waals surface area contributed by atoms with Crippen LogP contribution in [0.1, 0.15) is 25.8 Å². The molecule has 2 rings (SSSR count). The fourth-order valence-corrected chi connectivity index (χ4v) is 3.92. The third-order valence-corrected chi connectivity index (χ3v) is 5.67. The summed E-state index contributed by atoms with van der Waals surface area (Å²) < 4.78 is 0.386. The third-order valence-electron chi connectivity index (χ3n) is 3.34. The van der Waals surface area contributed by atoms with E-state index in [1.54, 1.807) is 0 Å². The van der Waals surface area contributed by atoms with E-state index in [4.69, 9.17) is 11.6 Å². The molecular formula is C14H19BrClNS. The van der Waals surface area contributed by atoms with E-state index in [2.05, 4.69) is 64.6 Å². The molecule has 0 aromatic heterocycles. The van der Waals surface area contributed by atoms with Crippen molar-refractivity contribution in [3.63, 3.8) is 0 Å². The smallest absolute Gasteiger partial charge is 0.0642 e. The Balaban J connectivity index is 2.16. The van der Waals surface area contributed by atoms with Crippen LogP contribution >= 0.6 is 39.3 Å². The number of alkyl halides is 1. The first-order chi connectivity index (χ1) is 8.52. The summed E-state index contributed by atoms with van der Waals surface area (Å²) in [5, 5.41) is 1.73. The van der Waals surface area contributed by atoms with Gasteiger partial charge in [-0.05, 0) is 24.1 Å². The summed E-state index contributed by atoms with van der Waals surface area (Å²) in [7, 11) is 0. The molecule has 0 spiro atoms. The molecule has 18 heavy (non-hydrogen) atoms. The van der Waals surface area contributed by atoms with Gasteiger partial charge < -0.3 is 4.90 Å². The first-order valence-corrected chi connectivity index (χ1v) is 8.74. The summed E-state index contributed by atoms with van der Waals surface area (Å²) in [5.41, 5.74) is 2.41. The monoisotopic (exact) mass is 347 g/mol. The van der Waals surface area contributed by atoms with Gasteiger partial charge in [-0.1, -0.05) is 47.4 Å². The number of hydrogen-bond donors (Lipinski definition) is 0. The van der Waals surface area contributed by atoms with E-state index < -0.39 is 0 Å². The highest BCUT2D eigenvalue weighted by atomic mass is 79.9. The second-order valence-electron chi connectivity index (χ2n) is 5.26. The predicted molar refractivity (Wildman–Crippen MR) is 87.5 cm³/mol. The molecule has 0 aliphatic carbocycles. The summed E-state index contributed by atoms with van der Waals surface area (Å²) in [6.45, 7) is 6.84. The standard InChI is InChI=1S/C14H19BrClNS/c1-14(2)5-6-17(7-8-18-14)13-4-3-11(10-15)9-12(13)16/h3-4,9H,5-8,10H2,1-2H3. The van der Waals surface area contributed by atoms with Gasteiger partial charge in [-0.25, -0.2) is 0 Å². The van der Waals surface area contributed by atoms with Crippen molar-refractivity contribution in [1.82, 2.24) is 0 Å². The van der Waals surface area contributed by atoms with E-state index in [-0.39, 0.29) is 0 Å². The molecule has 1 aromatic rings. The summed E-state index contributed by atoms with van der Waals surface area (Å²) in [6, 6.07) is 6.37. The molecule has 1 aliphatic rings. The second-order valence-corrected chi connectivity index (χ2v) is 8.03. The van der Waals surface area contributed by atoms with Gasteiger partial charge in [0.2, 0.25) is 0 Å². The lowest BCUT2D eigenvalue weighted by atomic mass is 10.1. The zero-order chi connectivity index (χ0) is 13.2. The molecule has 0 radical (unpaired) electrons. The normalized spacial score (nSPS) is 19.7. The van der Waals surface area contributed by atoms with Crippen molar-refractivity contribution in [2.75, 3.05) is 23.7 Å². The van der Waals surface area contributed by atoms with Gasteiger partial charge in [0.05, 0.1) is 10.7 Å². The van der Waals surface area contributed by atoms with Crippen LogP contribution in [-0.4, -0.2) is 23.6 Å². The lowest BCUT2D eigenvalue weighted by Crippen LogP contribution is -2.27. The molecule has 4 heteroatoms. The Labute approximate surface area is 127 Å². The van der Waals surface area contributed by atoms with Crippen molar-refractivity contribution in [2.45, 2.75) is 30.3 Å². The molecule has 1 nitrogen and oxygen atoms in total. The van der Waals surface area contributed by atoms with Crippen LogP contribution in [0, 0.1) is 0 Å². The first kappa shape index (κ1) is 14.5. The van der Waals surface area contributed by atoms with Crippen molar-refractivity contribution >= 4 is 45.0 Å². The summed E-state index contributed by atoms with van der Waals surface area (Å²) in [4.78, 5) is 2.42. The highest BCUT2D eigenvalue weighted by molar-refractivity contribution is 9.08. The zero-order valence-corrected chi connectivity index (χ0v) is 14.0. The molecule has 1 aliphatic heterocycles. The van der Waals surface area contributed by atoms with Gasteiger partial charge in [0.25, 0.3) is 0 Å². The molecule has 1 aromatic carbocycles. The van der Waals surface area contributed by atoms with Crippen LogP contribution < -0.4 is 4.90 Å². The van der Waals surface area contributed by atoms with Gasteiger partial charge in [0, 0.05) is 28.9 Å². The van der Waals surface area contributed by atoms with Crippen LogP contribution in [0.25, 0.3) is 0 Å². The van der Waals surface area contributed by atoms with Crippen molar-refractivity contribution < 1.29 is 0 Å². The third kappa shape index (κ3) is 3.58. The molecule has 0 amide bonds. The van der Waals surface area contributed by atoms with Gasteiger partial charge in [-0.2, -0.15) is 11.8 Å².